The fourth-order valence-electron chi connectivity index (χ4n) is 0.771. The second-order valence-corrected chi connectivity index (χ2v) is 5.93. The second kappa shape index (κ2) is 6.19. The molecule has 0 aromatic carbocycles. The van der Waals surface area contributed by atoms with Crippen molar-refractivity contribution in [3.63, 3.8) is 0 Å². The van der Waals surface area contributed by atoms with E-state index < -0.39 is 9.84 Å². The molecular formula is C8H18N2O2S2. The van der Waals surface area contributed by atoms with Gasteiger partial charge in [-0.1, -0.05) is 6.92 Å². The molecule has 0 saturated carbocycles. The van der Waals surface area contributed by atoms with Crippen molar-refractivity contribution in [3.05, 3.63) is 0 Å². The Kier molecular flexibility index (Phi) is 6.03. The van der Waals surface area contributed by atoms with Crippen molar-refractivity contribution in [1.82, 2.24) is 10.2 Å². The summed E-state index contributed by atoms with van der Waals surface area (Å²) >= 11 is 5.05. The van der Waals surface area contributed by atoms with E-state index >= 15 is 0 Å². The topological polar surface area (TPSA) is 49.4 Å². The van der Waals surface area contributed by atoms with Crippen molar-refractivity contribution >= 4 is 27.2 Å². The van der Waals surface area contributed by atoms with Gasteiger partial charge in [-0.25, -0.2) is 8.42 Å². The van der Waals surface area contributed by atoms with Gasteiger partial charge in [-0.15, -0.1) is 0 Å². The van der Waals surface area contributed by atoms with E-state index in [0.717, 1.165) is 13.0 Å². The van der Waals surface area contributed by atoms with Crippen LogP contribution in [0.2, 0.25) is 0 Å². The number of thiocarbonyl (C=S) groups is 1. The van der Waals surface area contributed by atoms with Crippen molar-refractivity contribution in [2.24, 2.45) is 0 Å². The predicted molar refractivity (Wildman–Crippen MR) is 63.2 cm³/mol. The minimum absolute atomic E-state index is 0.136. The third-order valence-electron chi connectivity index (χ3n) is 1.67. The predicted octanol–water partition coefficient (Wildman–Crippen LogP) is 0.247. The Bertz CT molecular complexity index is 275. The first-order chi connectivity index (χ1) is 6.37. The molecule has 4 nitrogen and oxygen atoms in total. The van der Waals surface area contributed by atoms with Crippen LogP contribution in [0.15, 0.2) is 0 Å². The maximum atomic E-state index is 10.9. The first-order valence-corrected chi connectivity index (χ1v) is 7.00. The van der Waals surface area contributed by atoms with Gasteiger partial charge in [-0.3, -0.25) is 0 Å². The number of nitrogens with one attached hydrogen (secondary N) is 1. The molecule has 0 aliphatic heterocycles. The lowest BCUT2D eigenvalue weighted by Crippen LogP contribution is -2.39. The zero-order valence-corrected chi connectivity index (χ0v) is 10.5. The monoisotopic (exact) mass is 238 g/mol. The van der Waals surface area contributed by atoms with Gasteiger partial charge in [0.2, 0.25) is 0 Å². The zero-order chi connectivity index (χ0) is 11.2. The van der Waals surface area contributed by atoms with E-state index in [1.807, 2.05) is 6.92 Å². The first kappa shape index (κ1) is 13.6. The number of rotatable bonds is 5. The van der Waals surface area contributed by atoms with Crippen LogP contribution in [-0.4, -0.2) is 50.6 Å². The van der Waals surface area contributed by atoms with Gasteiger partial charge in [0.25, 0.3) is 0 Å². The highest BCUT2D eigenvalue weighted by Crippen LogP contribution is 1.89. The van der Waals surface area contributed by atoms with Crippen LogP contribution < -0.4 is 5.32 Å². The molecule has 84 valence electrons. The molecule has 0 bridgehead atoms. The first-order valence-electron chi connectivity index (χ1n) is 4.53. The van der Waals surface area contributed by atoms with Gasteiger partial charge in [-0.05, 0) is 18.6 Å². The Hall–Kier alpha value is -0.360. The second-order valence-electron chi connectivity index (χ2n) is 3.28. The van der Waals surface area contributed by atoms with Gasteiger partial charge in [0, 0.05) is 26.4 Å². The van der Waals surface area contributed by atoms with Crippen molar-refractivity contribution in [3.8, 4) is 0 Å². The molecule has 0 aliphatic rings. The van der Waals surface area contributed by atoms with E-state index in [9.17, 15) is 8.42 Å². The SMILES string of the molecule is CCCNC(=S)N(C)CCS(C)(=O)=O. The van der Waals surface area contributed by atoms with Gasteiger partial charge in [0.15, 0.2) is 5.11 Å². The summed E-state index contributed by atoms with van der Waals surface area (Å²) in [6, 6.07) is 0. The molecule has 0 aliphatic carbocycles. The molecule has 6 heteroatoms. The number of hydrogen-bond acceptors (Lipinski definition) is 3. The molecule has 0 unspecified atom stereocenters. The molecule has 0 spiro atoms. The van der Waals surface area contributed by atoms with Crippen LogP contribution >= 0.6 is 12.2 Å². The summed E-state index contributed by atoms with van der Waals surface area (Å²) in [5.74, 6) is 0.136. The van der Waals surface area contributed by atoms with Crippen molar-refractivity contribution in [2.45, 2.75) is 13.3 Å². The summed E-state index contributed by atoms with van der Waals surface area (Å²) in [6.07, 6.45) is 2.23. The molecule has 0 rings (SSSR count). The lowest BCUT2D eigenvalue weighted by atomic mass is 10.5. The number of sulfone groups is 1. The molecule has 0 fully saturated rings. The van der Waals surface area contributed by atoms with E-state index in [1.54, 1.807) is 11.9 Å². The van der Waals surface area contributed by atoms with Gasteiger partial charge >= 0.3 is 0 Å². The molecule has 0 aromatic rings. The standard InChI is InChI=1S/C8H18N2O2S2/c1-4-5-9-8(13)10(2)6-7-14(3,11)12/h4-7H2,1-3H3,(H,9,13). The molecule has 0 saturated heterocycles. The van der Waals surface area contributed by atoms with Gasteiger partial charge in [0.1, 0.15) is 9.84 Å². The number of nitrogens with zero attached hydrogens (tertiary/aromatic N) is 1. The maximum absolute atomic E-state index is 10.9. The van der Waals surface area contributed by atoms with Crippen LogP contribution in [0.25, 0.3) is 0 Å². The van der Waals surface area contributed by atoms with E-state index in [4.69, 9.17) is 12.2 Å². The van der Waals surface area contributed by atoms with Crippen molar-refractivity contribution in [2.75, 3.05) is 32.1 Å². The molecule has 1 N–H and O–H groups in total. The summed E-state index contributed by atoms with van der Waals surface area (Å²) in [4.78, 5) is 1.74. The Morgan fingerprint density at radius 2 is 2.07 bits per heavy atom. The summed E-state index contributed by atoms with van der Waals surface area (Å²) in [5.41, 5.74) is 0. The molecular weight excluding hydrogens is 220 g/mol. The van der Waals surface area contributed by atoms with E-state index in [-0.39, 0.29) is 5.75 Å². The van der Waals surface area contributed by atoms with E-state index in [0.29, 0.717) is 11.7 Å². The van der Waals surface area contributed by atoms with E-state index in [2.05, 4.69) is 5.32 Å². The van der Waals surface area contributed by atoms with Crippen LogP contribution in [-0.2, 0) is 9.84 Å². The smallest absolute Gasteiger partial charge is 0.168 e. The Morgan fingerprint density at radius 1 is 1.50 bits per heavy atom. The highest BCUT2D eigenvalue weighted by molar-refractivity contribution is 7.90. The lowest BCUT2D eigenvalue weighted by molar-refractivity contribution is 0.515. The summed E-state index contributed by atoms with van der Waals surface area (Å²) in [5, 5.41) is 3.64. The summed E-state index contributed by atoms with van der Waals surface area (Å²) < 4.78 is 21.8. The number of hydrogen-bond donors (Lipinski definition) is 1. The Balaban J connectivity index is 3.84. The quantitative estimate of drug-likeness (QED) is 0.696. The highest BCUT2D eigenvalue weighted by atomic mass is 32.2. The minimum atomic E-state index is -2.90. The highest BCUT2D eigenvalue weighted by Gasteiger charge is 2.07. The molecule has 0 atom stereocenters. The molecule has 0 heterocycles. The lowest BCUT2D eigenvalue weighted by Gasteiger charge is -2.20. The molecule has 14 heavy (non-hydrogen) atoms. The zero-order valence-electron chi connectivity index (χ0n) is 8.91. The summed E-state index contributed by atoms with van der Waals surface area (Å²) in [6.45, 7) is 3.31. The average Bonchev–Trinajstić information content (AvgIpc) is 2.09. The normalized spacial score (nSPS) is 11.1. The largest absolute Gasteiger partial charge is 0.363 e. The molecule has 0 amide bonds. The van der Waals surface area contributed by atoms with Crippen molar-refractivity contribution in [1.29, 1.82) is 0 Å². The molecule has 0 aromatic heterocycles. The average molecular weight is 238 g/mol. The van der Waals surface area contributed by atoms with Crippen LogP contribution in [0.4, 0.5) is 0 Å². The third kappa shape index (κ3) is 7.08. The van der Waals surface area contributed by atoms with Crippen LogP contribution in [0.3, 0.4) is 0 Å². The minimum Gasteiger partial charge on any atom is -0.363 e. The van der Waals surface area contributed by atoms with Gasteiger partial charge in [0.05, 0.1) is 5.75 Å². The maximum Gasteiger partial charge on any atom is 0.168 e. The Morgan fingerprint density at radius 3 is 2.50 bits per heavy atom. The van der Waals surface area contributed by atoms with Crippen molar-refractivity contribution < 1.29 is 8.42 Å². The summed E-state index contributed by atoms with van der Waals surface area (Å²) in [7, 11) is -1.11. The van der Waals surface area contributed by atoms with Crippen LogP contribution in [0, 0.1) is 0 Å². The van der Waals surface area contributed by atoms with Gasteiger partial charge in [-0.2, -0.15) is 0 Å². The molecule has 0 radical (unpaired) electrons. The Labute approximate surface area is 91.6 Å². The van der Waals surface area contributed by atoms with Crippen LogP contribution in [0.1, 0.15) is 13.3 Å². The van der Waals surface area contributed by atoms with E-state index in [1.165, 1.54) is 6.26 Å². The third-order valence-corrected chi connectivity index (χ3v) is 3.05. The van der Waals surface area contributed by atoms with Gasteiger partial charge < -0.3 is 10.2 Å². The fourth-order valence-corrected chi connectivity index (χ4v) is 1.57. The fraction of sp³-hybridized carbons (Fsp3) is 0.875. The van der Waals surface area contributed by atoms with Crippen LogP contribution in [0.5, 0.6) is 0 Å².